The van der Waals surface area contributed by atoms with Crippen molar-refractivity contribution in [1.29, 1.82) is 0 Å². The molecule has 0 heterocycles. The maximum Gasteiger partial charge on any atom is 0.0209 e. The molecular formula is C3H6BrCl. The normalized spacial score (nSPS) is 5.00. The van der Waals surface area contributed by atoms with Crippen molar-refractivity contribution in [3.8, 4) is 0 Å². The van der Waals surface area contributed by atoms with Gasteiger partial charge in [0, 0.05) is 5.33 Å². The second kappa shape index (κ2) is 8.82. The Labute approximate surface area is 46.8 Å². The van der Waals surface area contributed by atoms with Gasteiger partial charge in [-0.3, -0.25) is 0 Å². The molecule has 0 rings (SSSR count). The van der Waals surface area contributed by atoms with E-state index in [9.17, 15) is 0 Å². The predicted octanol–water partition coefficient (Wildman–Crippen LogP) is 1.99. The fraction of sp³-hybridized carbons (Fsp3) is 0.333. The minimum Gasteiger partial charge on any atom is -0.147 e. The molecule has 0 N–H and O–H groups in total. The van der Waals surface area contributed by atoms with Crippen molar-refractivity contribution in [3.05, 3.63) is 12.7 Å². The molecule has 0 radical (unpaired) electrons. The van der Waals surface area contributed by atoms with E-state index >= 15 is 0 Å². The van der Waals surface area contributed by atoms with E-state index in [1.807, 2.05) is 0 Å². The molecule has 2 heteroatoms. The summed E-state index contributed by atoms with van der Waals surface area (Å²) in [7, 11) is 0. The van der Waals surface area contributed by atoms with E-state index in [4.69, 9.17) is 0 Å². The summed E-state index contributed by atoms with van der Waals surface area (Å²) in [6, 6.07) is 0. The summed E-state index contributed by atoms with van der Waals surface area (Å²) in [6.45, 7) is 3.43. The van der Waals surface area contributed by atoms with Gasteiger partial charge in [0.05, 0.1) is 0 Å². The second-order valence-electron chi connectivity index (χ2n) is 0.443. The first-order chi connectivity index (χ1) is 1.91. The van der Waals surface area contributed by atoms with Crippen molar-refractivity contribution < 1.29 is 0 Å². The number of allylic oxidation sites excluding steroid dienone is 1. The van der Waals surface area contributed by atoms with Gasteiger partial charge in [-0.25, -0.2) is 0 Å². The molecule has 0 aliphatic heterocycles. The second-order valence-corrected chi connectivity index (χ2v) is 1.09. The lowest BCUT2D eigenvalue weighted by Crippen LogP contribution is -1.43. The summed E-state index contributed by atoms with van der Waals surface area (Å²) >= 11 is 3.13. The van der Waals surface area contributed by atoms with Crippen LogP contribution in [0.15, 0.2) is 12.7 Å². The SMILES string of the molecule is C=CCBr.Cl. The summed E-state index contributed by atoms with van der Waals surface area (Å²) in [6.07, 6.45) is 1.79. The first-order valence-electron chi connectivity index (χ1n) is 1.08. The van der Waals surface area contributed by atoms with E-state index < -0.39 is 0 Å². The third-order valence-electron chi connectivity index (χ3n) is 0.109. The molecule has 0 saturated carbocycles. The fourth-order valence-corrected chi connectivity index (χ4v) is 0. The lowest BCUT2D eigenvalue weighted by Gasteiger charge is -1.55. The van der Waals surface area contributed by atoms with E-state index in [1.165, 1.54) is 0 Å². The lowest BCUT2D eigenvalue weighted by molar-refractivity contribution is 1.87. The Balaban J connectivity index is 0. The van der Waals surface area contributed by atoms with Crippen molar-refractivity contribution >= 4 is 28.3 Å². The van der Waals surface area contributed by atoms with Crippen LogP contribution >= 0.6 is 28.3 Å². The van der Waals surface area contributed by atoms with Crippen molar-refractivity contribution in [2.45, 2.75) is 0 Å². The predicted molar refractivity (Wildman–Crippen MR) is 31.2 cm³/mol. The number of halogens is 2. The highest BCUT2D eigenvalue weighted by atomic mass is 79.9. The molecule has 0 aliphatic carbocycles. The standard InChI is InChI=1S/C3H5Br.ClH/c1-2-3-4;/h2H,1,3H2;1H. The molecule has 0 aromatic carbocycles. The Morgan fingerprint density at radius 2 is 2.00 bits per heavy atom. The van der Waals surface area contributed by atoms with E-state index in [0.717, 1.165) is 5.33 Å². The van der Waals surface area contributed by atoms with Gasteiger partial charge in [0.1, 0.15) is 0 Å². The molecule has 0 aromatic heterocycles. The molecule has 0 bridgehead atoms. The van der Waals surface area contributed by atoms with Gasteiger partial charge in [0.2, 0.25) is 0 Å². The van der Waals surface area contributed by atoms with Crippen LogP contribution in [0.5, 0.6) is 0 Å². The average Bonchev–Trinajstić information content (AvgIpc) is 1.37. The Morgan fingerprint density at radius 3 is 2.00 bits per heavy atom. The number of hydrogen-bond donors (Lipinski definition) is 0. The fourth-order valence-electron chi connectivity index (χ4n) is 0. The maximum atomic E-state index is 3.43. The molecule has 0 saturated heterocycles. The Kier molecular flexibility index (Phi) is 16.0. The Bertz CT molecular complexity index is 20.9. The third kappa shape index (κ3) is 12.5. The van der Waals surface area contributed by atoms with E-state index in [0.29, 0.717) is 0 Å². The molecule has 0 unspecified atom stereocenters. The summed E-state index contributed by atoms with van der Waals surface area (Å²) in [4.78, 5) is 0. The van der Waals surface area contributed by atoms with Gasteiger partial charge in [-0.15, -0.1) is 19.0 Å². The van der Waals surface area contributed by atoms with Crippen LogP contribution in [-0.4, -0.2) is 5.33 Å². The highest BCUT2D eigenvalue weighted by molar-refractivity contribution is 9.09. The Hall–Kier alpha value is 0.510. The van der Waals surface area contributed by atoms with Gasteiger partial charge in [-0.05, 0) is 0 Å². The molecular weight excluding hydrogens is 151 g/mol. The molecule has 0 amide bonds. The van der Waals surface area contributed by atoms with E-state index in [-0.39, 0.29) is 12.4 Å². The van der Waals surface area contributed by atoms with Crippen molar-refractivity contribution in [3.63, 3.8) is 0 Å². The van der Waals surface area contributed by atoms with Gasteiger partial charge in [0.15, 0.2) is 0 Å². The quantitative estimate of drug-likeness (QED) is 0.403. The van der Waals surface area contributed by atoms with Crippen molar-refractivity contribution in [2.75, 3.05) is 5.33 Å². The van der Waals surface area contributed by atoms with Crippen LogP contribution in [0.4, 0.5) is 0 Å². The van der Waals surface area contributed by atoms with Crippen LogP contribution < -0.4 is 0 Å². The van der Waals surface area contributed by atoms with Crippen LogP contribution in [0, 0.1) is 0 Å². The van der Waals surface area contributed by atoms with Gasteiger partial charge in [-0.2, -0.15) is 0 Å². The molecule has 0 atom stereocenters. The zero-order chi connectivity index (χ0) is 3.41. The highest BCUT2D eigenvalue weighted by Crippen LogP contribution is 1.73. The lowest BCUT2D eigenvalue weighted by atomic mass is 10.8. The van der Waals surface area contributed by atoms with Crippen molar-refractivity contribution in [1.82, 2.24) is 0 Å². The van der Waals surface area contributed by atoms with Crippen molar-refractivity contribution in [2.24, 2.45) is 0 Å². The molecule has 5 heavy (non-hydrogen) atoms. The zero-order valence-electron chi connectivity index (χ0n) is 2.78. The van der Waals surface area contributed by atoms with Gasteiger partial charge in [-0.1, -0.05) is 22.0 Å². The first kappa shape index (κ1) is 9.10. The monoisotopic (exact) mass is 156 g/mol. The minimum absolute atomic E-state index is 0. The Morgan fingerprint density at radius 1 is 1.80 bits per heavy atom. The van der Waals surface area contributed by atoms with Gasteiger partial charge >= 0.3 is 0 Å². The zero-order valence-corrected chi connectivity index (χ0v) is 5.18. The maximum absolute atomic E-state index is 3.43. The molecule has 0 spiro atoms. The van der Waals surface area contributed by atoms with Crippen LogP contribution in [0.2, 0.25) is 0 Å². The number of rotatable bonds is 1. The van der Waals surface area contributed by atoms with E-state index in [1.54, 1.807) is 6.08 Å². The topological polar surface area (TPSA) is 0 Å². The van der Waals surface area contributed by atoms with Crippen LogP contribution in [0.25, 0.3) is 0 Å². The molecule has 0 aliphatic rings. The van der Waals surface area contributed by atoms with Gasteiger partial charge < -0.3 is 0 Å². The molecule has 0 nitrogen and oxygen atoms in total. The van der Waals surface area contributed by atoms with Crippen LogP contribution in [-0.2, 0) is 0 Å². The molecule has 0 fully saturated rings. The van der Waals surface area contributed by atoms with E-state index in [2.05, 4.69) is 22.5 Å². The largest absolute Gasteiger partial charge is 0.147 e. The van der Waals surface area contributed by atoms with Crippen LogP contribution in [0.3, 0.4) is 0 Å². The number of alkyl halides is 1. The summed E-state index contributed by atoms with van der Waals surface area (Å²) in [5.41, 5.74) is 0. The average molecular weight is 157 g/mol. The smallest absolute Gasteiger partial charge is 0.0209 e. The summed E-state index contributed by atoms with van der Waals surface area (Å²) < 4.78 is 0. The minimum atomic E-state index is 0. The van der Waals surface area contributed by atoms with Crippen LogP contribution in [0.1, 0.15) is 0 Å². The number of hydrogen-bond acceptors (Lipinski definition) is 0. The summed E-state index contributed by atoms with van der Waals surface area (Å²) in [5.74, 6) is 0. The molecule has 0 aromatic rings. The summed E-state index contributed by atoms with van der Waals surface area (Å²) in [5, 5.41) is 0.896. The first-order valence-corrected chi connectivity index (χ1v) is 2.21. The van der Waals surface area contributed by atoms with Gasteiger partial charge in [0.25, 0.3) is 0 Å². The molecule has 32 valence electrons. The third-order valence-corrected chi connectivity index (χ3v) is 0.567. The highest BCUT2D eigenvalue weighted by Gasteiger charge is 1.47.